The second-order valence-electron chi connectivity index (χ2n) is 6.95. The Balaban J connectivity index is 1.57. The number of hydrogen-bond acceptors (Lipinski definition) is 6. The van der Waals surface area contributed by atoms with E-state index in [2.05, 4.69) is 5.32 Å². The predicted octanol–water partition coefficient (Wildman–Crippen LogP) is 2.50. The van der Waals surface area contributed by atoms with Gasteiger partial charge in [0, 0.05) is 49.0 Å². The maximum atomic E-state index is 12.8. The molecule has 0 unspecified atom stereocenters. The maximum absolute atomic E-state index is 12.8. The number of sulfonamides is 1. The molecular weight excluding hydrogens is 432 g/mol. The number of non-ortho nitro benzene ring substituents is 1. The Kier molecular flexibility index (Phi) is 6.71. The van der Waals surface area contributed by atoms with E-state index in [-0.39, 0.29) is 36.1 Å². The molecule has 0 radical (unpaired) electrons. The summed E-state index contributed by atoms with van der Waals surface area (Å²) in [5, 5.41) is 14.3. The van der Waals surface area contributed by atoms with Crippen LogP contribution in [0.25, 0.3) is 0 Å². The van der Waals surface area contributed by atoms with Gasteiger partial charge < -0.3 is 5.32 Å². The number of aryl methyl sites for hydroxylation is 1. The SMILES string of the molecule is Cc1ccc(NC(=O)CN2CCN(S(=O)(=O)c3cccc([N+](=O)[O-])c3)CC2)cc1Cl. The van der Waals surface area contributed by atoms with E-state index >= 15 is 0 Å². The lowest BCUT2D eigenvalue weighted by molar-refractivity contribution is -0.385. The van der Waals surface area contributed by atoms with Crippen LogP contribution in [0, 0.1) is 17.0 Å². The van der Waals surface area contributed by atoms with E-state index in [0.717, 1.165) is 11.6 Å². The molecule has 0 saturated carbocycles. The summed E-state index contributed by atoms with van der Waals surface area (Å²) in [6.07, 6.45) is 0. The highest BCUT2D eigenvalue weighted by atomic mass is 35.5. The van der Waals surface area contributed by atoms with Crippen LogP contribution < -0.4 is 5.32 Å². The topological polar surface area (TPSA) is 113 Å². The van der Waals surface area contributed by atoms with Gasteiger partial charge in [-0.05, 0) is 30.7 Å². The zero-order chi connectivity index (χ0) is 21.9. The molecule has 1 aliphatic heterocycles. The normalized spacial score (nSPS) is 15.7. The Morgan fingerprint density at radius 2 is 1.87 bits per heavy atom. The van der Waals surface area contributed by atoms with Crippen molar-refractivity contribution in [1.82, 2.24) is 9.21 Å². The highest BCUT2D eigenvalue weighted by Crippen LogP contribution is 2.22. The molecule has 1 heterocycles. The zero-order valence-electron chi connectivity index (χ0n) is 16.2. The first-order valence-electron chi connectivity index (χ1n) is 9.20. The summed E-state index contributed by atoms with van der Waals surface area (Å²) >= 11 is 6.06. The third kappa shape index (κ3) is 5.14. The van der Waals surface area contributed by atoms with Gasteiger partial charge in [-0.1, -0.05) is 23.7 Å². The largest absolute Gasteiger partial charge is 0.325 e. The first kappa shape index (κ1) is 22.2. The number of carbonyl (C=O) groups is 1. The van der Waals surface area contributed by atoms with E-state index in [4.69, 9.17) is 11.6 Å². The number of nitro benzene ring substituents is 1. The standard InChI is InChI=1S/C19H21ClN4O5S/c1-14-5-6-15(11-18(14)20)21-19(25)13-22-7-9-23(10-8-22)30(28,29)17-4-2-3-16(12-17)24(26)27/h2-6,11-12H,7-10,13H2,1H3,(H,21,25). The highest BCUT2D eigenvalue weighted by Gasteiger charge is 2.30. The Labute approximate surface area is 179 Å². The zero-order valence-corrected chi connectivity index (χ0v) is 17.8. The molecule has 0 spiro atoms. The average molecular weight is 453 g/mol. The van der Waals surface area contributed by atoms with Gasteiger partial charge in [-0.3, -0.25) is 19.8 Å². The number of hydrogen-bond donors (Lipinski definition) is 1. The molecule has 160 valence electrons. The third-order valence-electron chi connectivity index (χ3n) is 4.82. The number of nitrogens with zero attached hydrogens (tertiary/aromatic N) is 3. The van der Waals surface area contributed by atoms with E-state index in [9.17, 15) is 23.3 Å². The van der Waals surface area contributed by atoms with E-state index in [0.29, 0.717) is 23.8 Å². The summed E-state index contributed by atoms with van der Waals surface area (Å²) in [6, 6.07) is 10.3. The van der Waals surface area contributed by atoms with Crippen LogP contribution in [0.2, 0.25) is 5.02 Å². The van der Waals surface area contributed by atoms with Crippen molar-refractivity contribution in [2.24, 2.45) is 0 Å². The van der Waals surface area contributed by atoms with Crippen LogP contribution in [-0.2, 0) is 14.8 Å². The van der Waals surface area contributed by atoms with Gasteiger partial charge in [0.15, 0.2) is 0 Å². The van der Waals surface area contributed by atoms with Crippen molar-refractivity contribution in [3.63, 3.8) is 0 Å². The van der Waals surface area contributed by atoms with Crippen molar-refractivity contribution >= 4 is 38.9 Å². The predicted molar refractivity (Wildman–Crippen MR) is 113 cm³/mol. The van der Waals surface area contributed by atoms with Gasteiger partial charge >= 0.3 is 0 Å². The minimum Gasteiger partial charge on any atom is -0.325 e. The fraction of sp³-hybridized carbons (Fsp3) is 0.316. The molecule has 0 aromatic heterocycles. The van der Waals surface area contributed by atoms with E-state index in [1.165, 1.54) is 22.5 Å². The maximum Gasteiger partial charge on any atom is 0.270 e. The molecule has 1 saturated heterocycles. The fourth-order valence-electron chi connectivity index (χ4n) is 3.11. The lowest BCUT2D eigenvalue weighted by Gasteiger charge is -2.33. The molecule has 0 aliphatic carbocycles. The molecule has 2 aromatic carbocycles. The Hall–Kier alpha value is -2.53. The minimum absolute atomic E-state index is 0.112. The van der Waals surface area contributed by atoms with Crippen LogP contribution in [0.4, 0.5) is 11.4 Å². The summed E-state index contributed by atoms with van der Waals surface area (Å²) in [5.41, 5.74) is 1.24. The second kappa shape index (κ2) is 9.09. The van der Waals surface area contributed by atoms with Crippen LogP contribution in [0.1, 0.15) is 5.56 Å². The summed E-state index contributed by atoms with van der Waals surface area (Å²) in [4.78, 5) is 24.3. The van der Waals surface area contributed by atoms with Crippen molar-refractivity contribution in [2.45, 2.75) is 11.8 Å². The number of rotatable bonds is 6. The molecule has 3 rings (SSSR count). The molecule has 30 heavy (non-hydrogen) atoms. The van der Waals surface area contributed by atoms with Gasteiger partial charge in [0.25, 0.3) is 5.69 Å². The quantitative estimate of drug-likeness (QED) is 0.532. The molecule has 2 aromatic rings. The molecule has 1 fully saturated rings. The van der Waals surface area contributed by atoms with Crippen LogP contribution in [-0.4, -0.2) is 61.2 Å². The summed E-state index contributed by atoms with van der Waals surface area (Å²) in [5.74, 6) is -0.218. The monoisotopic (exact) mass is 452 g/mol. The third-order valence-corrected chi connectivity index (χ3v) is 7.12. The number of piperazine rings is 1. The Morgan fingerprint density at radius 1 is 1.17 bits per heavy atom. The van der Waals surface area contributed by atoms with Crippen molar-refractivity contribution in [2.75, 3.05) is 38.0 Å². The highest BCUT2D eigenvalue weighted by molar-refractivity contribution is 7.89. The minimum atomic E-state index is -3.84. The van der Waals surface area contributed by atoms with Crippen LogP contribution in [0.3, 0.4) is 0 Å². The molecule has 1 amide bonds. The van der Waals surface area contributed by atoms with Crippen LogP contribution in [0.5, 0.6) is 0 Å². The van der Waals surface area contributed by atoms with Crippen LogP contribution >= 0.6 is 11.6 Å². The molecule has 1 N–H and O–H groups in total. The van der Waals surface area contributed by atoms with E-state index in [1.54, 1.807) is 12.1 Å². The molecule has 0 atom stereocenters. The number of nitrogens with one attached hydrogen (secondary N) is 1. The van der Waals surface area contributed by atoms with Gasteiger partial charge in [-0.15, -0.1) is 0 Å². The summed E-state index contributed by atoms with van der Waals surface area (Å²) < 4.78 is 26.8. The van der Waals surface area contributed by atoms with E-state index < -0.39 is 14.9 Å². The smallest absolute Gasteiger partial charge is 0.270 e. The number of carbonyl (C=O) groups excluding carboxylic acids is 1. The molecule has 9 nitrogen and oxygen atoms in total. The lowest BCUT2D eigenvalue weighted by atomic mass is 10.2. The van der Waals surface area contributed by atoms with Gasteiger partial charge in [-0.2, -0.15) is 4.31 Å². The Morgan fingerprint density at radius 3 is 2.50 bits per heavy atom. The number of halogens is 1. The molecule has 0 bridgehead atoms. The second-order valence-corrected chi connectivity index (χ2v) is 9.29. The lowest BCUT2D eigenvalue weighted by Crippen LogP contribution is -2.50. The van der Waals surface area contributed by atoms with Crippen LogP contribution in [0.15, 0.2) is 47.4 Å². The van der Waals surface area contributed by atoms with E-state index in [1.807, 2.05) is 17.9 Å². The summed E-state index contributed by atoms with van der Waals surface area (Å²) in [7, 11) is -3.84. The number of amides is 1. The van der Waals surface area contributed by atoms with Crippen molar-refractivity contribution in [1.29, 1.82) is 0 Å². The molecule has 11 heteroatoms. The first-order valence-corrected chi connectivity index (χ1v) is 11.0. The van der Waals surface area contributed by atoms with Crippen molar-refractivity contribution in [3.05, 3.63) is 63.2 Å². The number of benzene rings is 2. The van der Waals surface area contributed by atoms with Crippen molar-refractivity contribution < 1.29 is 18.1 Å². The average Bonchev–Trinajstić information content (AvgIpc) is 2.71. The van der Waals surface area contributed by atoms with Gasteiger partial charge in [0.05, 0.1) is 16.4 Å². The molecule has 1 aliphatic rings. The van der Waals surface area contributed by atoms with Crippen molar-refractivity contribution in [3.8, 4) is 0 Å². The van der Waals surface area contributed by atoms with Gasteiger partial charge in [-0.25, -0.2) is 8.42 Å². The number of nitro groups is 1. The van der Waals surface area contributed by atoms with Gasteiger partial charge in [0.1, 0.15) is 0 Å². The van der Waals surface area contributed by atoms with Gasteiger partial charge in [0.2, 0.25) is 15.9 Å². The number of anilines is 1. The molecular formula is C19H21ClN4O5S. The summed E-state index contributed by atoms with van der Waals surface area (Å²) in [6.45, 7) is 3.11. The Bertz CT molecular complexity index is 1070. The first-order chi connectivity index (χ1) is 14.2. The fourth-order valence-corrected chi connectivity index (χ4v) is 4.75.